The van der Waals surface area contributed by atoms with Crippen LogP contribution in [0.4, 0.5) is 5.69 Å². The van der Waals surface area contributed by atoms with Crippen LogP contribution in [0.2, 0.25) is 0 Å². The van der Waals surface area contributed by atoms with E-state index in [1.807, 2.05) is 0 Å². The van der Waals surface area contributed by atoms with Crippen LogP contribution in [0.25, 0.3) is 6.08 Å². The van der Waals surface area contributed by atoms with Gasteiger partial charge in [-0.3, -0.25) is 10.1 Å². The Morgan fingerprint density at radius 2 is 2.08 bits per heavy atom. The number of hydrogen-bond donors (Lipinski definition) is 0. The predicted octanol–water partition coefficient (Wildman–Crippen LogP) is 3.71. The second-order valence-corrected chi connectivity index (χ2v) is 5.89. The molecule has 0 N–H and O–H groups in total. The molecule has 0 fully saturated rings. The van der Waals surface area contributed by atoms with E-state index in [9.17, 15) is 14.9 Å². The quantitative estimate of drug-likeness (QED) is 0.336. The number of cyclic esters (lactones) is 1. The van der Waals surface area contributed by atoms with E-state index in [1.165, 1.54) is 24.3 Å². The summed E-state index contributed by atoms with van der Waals surface area (Å²) in [5.74, 6) is 0.180. The molecule has 0 saturated carbocycles. The van der Waals surface area contributed by atoms with Gasteiger partial charge in [-0.05, 0) is 45.8 Å². The molecule has 8 heteroatoms. The van der Waals surface area contributed by atoms with E-state index >= 15 is 0 Å². The zero-order chi connectivity index (χ0) is 18.0. The molecule has 0 aliphatic carbocycles. The van der Waals surface area contributed by atoms with Gasteiger partial charge >= 0.3 is 5.97 Å². The number of halogens is 1. The van der Waals surface area contributed by atoms with Crippen LogP contribution in [0.15, 0.2) is 57.6 Å². The number of nitro benzene ring substituents is 1. The zero-order valence-electron chi connectivity index (χ0n) is 12.9. The highest BCUT2D eigenvalue weighted by Gasteiger charge is 2.24. The lowest BCUT2D eigenvalue weighted by Gasteiger charge is -2.05. The standard InChI is InChI=1S/C17H11BrN2O5/c1-24-15-6-5-11(9-13(15)18)16-19-14(17(21)25-16)8-10-3-2-4-12(7-10)20(22)23/h2-9H,1H3/b14-8+. The van der Waals surface area contributed by atoms with Crippen LogP contribution in [0.1, 0.15) is 11.1 Å². The maximum absolute atomic E-state index is 12.0. The molecule has 3 rings (SSSR count). The van der Waals surface area contributed by atoms with Gasteiger partial charge in [0, 0.05) is 17.7 Å². The number of benzene rings is 2. The Balaban J connectivity index is 1.93. The maximum Gasteiger partial charge on any atom is 0.363 e. The number of rotatable bonds is 4. The average molecular weight is 403 g/mol. The Morgan fingerprint density at radius 1 is 1.28 bits per heavy atom. The van der Waals surface area contributed by atoms with Crippen molar-refractivity contribution < 1.29 is 19.2 Å². The van der Waals surface area contributed by atoms with E-state index in [0.29, 0.717) is 21.3 Å². The number of esters is 1. The average Bonchev–Trinajstić information content (AvgIpc) is 2.96. The van der Waals surface area contributed by atoms with E-state index in [1.54, 1.807) is 31.4 Å². The highest BCUT2D eigenvalue weighted by Crippen LogP contribution is 2.28. The van der Waals surface area contributed by atoms with Crippen molar-refractivity contribution in [3.63, 3.8) is 0 Å². The minimum atomic E-state index is -0.617. The number of ether oxygens (including phenoxy) is 2. The molecular weight excluding hydrogens is 392 g/mol. The van der Waals surface area contributed by atoms with Crippen molar-refractivity contribution in [2.75, 3.05) is 7.11 Å². The van der Waals surface area contributed by atoms with E-state index in [2.05, 4.69) is 20.9 Å². The van der Waals surface area contributed by atoms with Crippen LogP contribution in [-0.4, -0.2) is 23.9 Å². The molecule has 0 radical (unpaired) electrons. The SMILES string of the molecule is COc1ccc(C2=N/C(=C/c3cccc([N+](=O)[O-])c3)C(=O)O2)cc1Br. The van der Waals surface area contributed by atoms with E-state index in [0.717, 1.165) is 0 Å². The molecule has 0 unspecified atom stereocenters. The monoisotopic (exact) mass is 402 g/mol. The third-order valence-corrected chi connectivity index (χ3v) is 4.02. The van der Waals surface area contributed by atoms with Gasteiger partial charge in [0.05, 0.1) is 16.5 Å². The molecule has 1 aliphatic heterocycles. The Hall–Kier alpha value is -3.00. The van der Waals surface area contributed by atoms with Crippen molar-refractivity contribution in [2.24, 2.45) is 4.99 Å². The van der Waals surface area contributed by atoms with Gasteiger partial charge in [0.2, 0.25) is 5.90 Å². The number of methoxy groups -OCH3 is 1. The Labute approximate surface area is 150 Å². The third-order valence-electron chi connectivity index (χ3n) is 3.40. The molecule has 0 bridgehead atoms. The summed E-state index contributed by atoms with van der Waals surface area (Å²) >= 11 is 3.36. The Bertz CT molecular complexity index is 936. The number of nitro groups is 1. The molecule has 0 saturated heterocycles. The summed E-state index contributed by atoms with van der Waals surface area (Å²) in [5, 5.41) is 10.8. The summed E-state index contributed by atoms with van der Waals surface area (Å²) < 4.78 is 11.0. The second-order valence-electron chi connectivity index (χ2n) is 5.04. The van der Waals surface area contributed by atoms with Gasteiger partial charge in [0.25, 0.3) is 5.69 Å². The van der Waals surface area contributed by atoms with Gasteiger partial charge in [-0.15, -0.1) is 0 Å². The largest absolute Gasteiger partial charge is 0.496 e. The lowest BCUT2D eigenvalue weighted by molar-refractivity contribution is -0.384. The molecular formula is C17H11BrN2O5. The van der Waals surface area contributed by atoms with Crippen LogP contribution in [0.3, 0.4) is 0 Å². The highest BCUT2D eigenvalue weighted by atomic mass is 79.9. The van der Waals surface area contributed by atoms with Crippen LogP contribution in [0.5, 0.6) is 5.75 Å². The van der Waals surface area contributed by atoms with Crippen LogP contribution in [0, 0.1) is 10.1 Å². The topological polar surface area (TPSA) is 91.0 Å². The lowest BCUT2D eigenvalue weighted by atomic mass is 10.1. The van der Waals surface area contributed by atoms with Crippen molar-refractivity contribution in [2.45, 2.75) is 0 Å². The third kappa shape index (κ3) is 3.58. The van der Waals surface area contributed by atoms with Gasteiger partial charge < -0.3 is 9.47 Å². The van der Waals surface area contributed by atoms with Gasteiger partial charge in [-0.2, -0.15) is 0 Å². The molecule has 2 aromatic carbocycles. The molecule has 0 amide bonds. The van der Waals surface area contributed by atoms with Gasteiger partial charge in [-0.25, -0.2) is 9.79 Å². The van der Waals surface area contributed by atoms with Crippen molar-refractivity contribution >= 4 is 39.6 Å². The first kappa shape index (κ1) is 16.8. The lowest BCUT2D eigenvalue weighted by Crippen LogP contribution is -2.05. The normalized spacial score (nSPS) is 15.0. The van der Waals surface area contributed by atoms with Crippen molar-refractivity contribution in [1.82, 2.24) is 0 Å². The summed E-state index contributed by atoms with van der Waals surface area (Å²) in [7, 11) is 1.55. The fraction of sp³-hybridized carbons (Fsp3) is 0.0588. The summed E-state index contributed by atoms with van der Waals surface area (Å²) in [5.41, 5.74) is 1.09. The van der Waals surface area contributed by atoms with Crippen molar-refractivity contribution in [3.05, 3.63) is 73.9 Å². The Morgan fingerprint density at radius 3 is 2.76 bits per heavy atom. The van der Waals surface area contributed by atoms with Crippen molar-refractivity contribution in [3.8, 4) is 5.75 Å². The van der Waals surface area contributed by atoms with Gasteiger partial charge in [-0.1, -0.05) is 12.1 Å². The van der Waals surface area contributed by atoms with E-state index in [-0.39, 0.29) is 17.3 Å². The number of nitrogens with zero attached hydrogens (tertiary/aromatic N) is 2. The van der Waals surface area contributed by atoms with E-state index < -0.39 is 10.9 Å². The molecule has 0 atom stereocenters. The summed E-state index contributed by atoms with van der Waals surface area (Å²) in [6, 6.07) is 11.1. The van der Waals surface area contributed by atoms with Gasteiger partial charge in [0.15, 0.2) is 5.70 Å². The number of hydrogen-bond acceptors (Lipinski definition) is 6. The minimum absolute atomic E-state index is 0.0657. The van der Waals surface area contributed by atoms with Gasteiger partial charge in [0.1, 0.15) is 5.75 Å². The predicted molar refractivity (Wildman–Crippen MR) is 94.4 cm³/mol. The first-order valence-electron chi connectivity index (χ1n) is 7.09. The smallest absolute Gasteiger partial charge is 0.363 e. The molecule has 0 spiro atoms. The highest BCUT2D eigenvalue weighted by molar-refractivity contribution is 9.10. The van der Waals surface area contributed by atoms with Crippen LogP contribution < -0.4 is 4.74 Å². The summed E-state index contributed by atoms with van der Waals surface area (Å²) in [6.07, 6.45) is 1.45. The number of non-ortho nitro benzene ring substituents is 1. The second kappa shape index (κ2) is 6.86. The summed E-state index contributed by atoms with van der Waals surface area (Å²) in [4.78, 5) is 26.5. The molecule has 1 aliphatic rings. The minimum Gasteiger partial charge on any atom is -0.496 e. The number of carbonyl (C=O) groups excluding carboxylic acids is 1. The first-order chi connectivity index (χ1) is 12.0. The number of carbonyl (C=O) groups is 1. The van der Waals surface area contributed by atoms with E-state index in [4.69, 9.17) is 9.47 Å². The molecule has 7 nitrogen and oxygen atoms in total. The molecule has 126 valence electrons. The number of aliphatic imine (C=N–C) groups is 1. The fourth-order valence-corrected chi connectivity index (χ4v) is 2.76. The van der Waals surface area contributed by atoms with Crippen LogP contribution in [-0.2, 0) is 9.53 Å². The fourth-order valence-electron chi connectivity index (χ4n) is 2.22. The van der Waals surface area contributed by atoms with Crippen LogP contribution >= 0.6 is 15.9 Å². The van der Waals surface area contributed by atoms with Crippen molar-refractivity contribution in [1.29, 1.82) is 0 Å². The molecule has 2 aromatic rings. The first-order valence-corrected chi connectivity index (χ1v) is 7.88. The molecule has 0 aromatic heterocycles. The zero-order valence-corrected chi connectivity index (χ0v) is 14.5. The summed E-state index contributed by atoms with van der Waals surface area (Å²) in [6.45, 7) is 0. The Kier molecular flexibility index (Phi) is 4.62. The molecule has 25 heavy (non-hydrogen) atoms. The maximum atomic E-state index is 12.0. The molecule has 1 heterocycles.